The first kappa shape index (κ1) is 14.4. The van der Waals surface area contributed by atoms with E-state index in [2.05, 4.69) is 56.1 Å². The van der Waals surface area contributed by atoms with Crippen LogP contribution in [0.2, 0.25) is 0 Å². The minimum atomic E-state index is 0.618. The average Bonchev–Trinajstić information content (AvgIpc) is 2.67. The van der Waals surface area contributed by atoms with Gasteiger partial charge in [-0.25, -0.2) is 0 Å². The summed E-state index contributed by atoms with van der Waals surface area (Å²) >= 11 is 0. The molecule has 2 rings (SSSR count). The maximum absolute atomic E-state index is 3.72. The van der Waals surface area contributed by atoms with Crippen LogP contribution in [-0.4, -0.2) is 25.7 Å². The summed E-state index contributed by atoms with van der Waals surface area (Å²) in [4.78, 5) is 2.58. The largest absolute Gasteiger partial charge is 0.370 e. The Balaban J connectivity index is 2.20. The van der Waals surface area contributed by atoms with E-state index < -0.39 is 0 Å². The zero-order valence-electron chi connectivity index (χ0n) is 12.9. The Morgan fingerprint density at radius 1 is 1.37 bits per heavy atom. The molecule has 0 aliphatic carbocycles. The van der Waals surface area contributed by atoms with Gasteiger partial charge in [0.1, 0.15) is 0 Å². The van der Waals surface area contributed by atoms with Crippen molar-refractivity contribution in [3.05, 3.63) is 29.3 Å². The molecule has 1 N–H and O–H groups in total. The fourth-order valence-corrected chi connectivity index (χ4v) is 2.91. The van der Waals surface area contributed by atoms with Gasteiger partial charge >= 0.3 is 0 Å². The highest BCUT2D eigenvalue weighted by molar-refractivity contribution is 5.56. The molecular weight excluding hydrogens is 232 g/mol. The van der Waals surface area contributed by atoms with Gasteiger partial charge in [0.15, 0.2) is 0 Å². The van der Waals surface area contributed by atoms with Crippen LogP contribution < -0.4 is 10.2 Å². The third kappa shape index (κ3) is 3.30. The summed E-state index contributed by atoms with van der Waals surface area (Å²) in [6, 6.07) is 7.30. The summed E-state index contributed by atoms with van der Waals surface area (Å²) in [6.07, 6.45) is 2.48. The quantitative estimate of drug-likeness (QED) is 0.894. The first-order valence-electron chi connectivity index (χ1n) is 7.68. The van der Waals surface area contributed by atoms with E-state index in [4.69, 9.17) is 0 Å². The van der Waals surface area contributed by atoms with Crippen molar-refractivity contribution >= 4 is 5.69 Å². The molecule has 1 aromatic carbocycles. The van der Waals surface area contributed by atoms with Crippen molar-refractivity contribution in [1.29, 1.82) is 0 Å². The van der Waals surface area contributed by atoms with Gasteiger partial charge in [-0.2, -0.15) is 0 Å². The molecule has 19 heavy (non-hydrogen) atoms. The predicted molar refractivity (Wildman–Crippen MR) is 84.0 cm³/mol. The lowest BCUT2D eigenvalue weighted by Crippen LogP contribution is -2.42. The molecule has 0 aromatic heterocycles. The summed E-state index contributed by atoms with van der Waals surface area (Å²) in [6.45, 7) is 12.6. The van der Waals surface area contributed by atoms with E-state index in [1.165, 1.54) is 36.2 Å². The monoisotopic (exact) mass is 260 g/mol. The Morgan fingerprint density at radius 3 is 2.89 bits per heavy atom. The van der Waals surface area contributed by atoms with Crippen molar-refractivity contribution in [3.63, 3.8) is 0 Å². The second-order valence-electron chi connectivity index (χ2n) is 5.96. The van der Waals surface area contributed by atoms with Crippen LogP contribution in [0.5, 0.6) is 0 Å². The molecule has 1 aromatic rings. The average molecular weight is 260 g/mol. The van der Waals surface area contributed by atoms with Gasteiger partial charge in [0, 0.05) is 24.8 Å². The molecular formula is C17H28N2. The molecule has 2 atom stereocenters. The molecule has 1 aliphatic rings. The van der Waals surface area contributed by atoms with Crippen LogP contribution in [0.4, 0.5) is 5.69 Å². The van der Waals surface area contributed by atoms with Gasteiger partial charge in [0.25, 0.3) is 0 Å². The molecule has 1 fully saturated rings. The smallest absolute Gasteiger partial charge is 0.0399 e. The maximum atomic E-state index is 3.72. The molecule has 2 unspecified atom stereocenters. The third-order valence-corrected chi connectivity index (χ3v) is 4.68. The van der Waals surface area contributed by atoms with Crippen LogP contribution in [0, 0.1) is 19.8 Å². The minimum absolute atomic E-state index is 0.618. The molecule has 0 radical (unpaired) electrons. The number of hydrogen-bond donors (Lipinski definition) is 1. The zero-order valence-corrected chi connectivity index (χ0v) is 12.9. The standard InChI is InChI=1S/C17H28N2/c1-5-13(2)16-12-19(11-7-10-18-16)17-9-6-8-14(3)15(17)4/h6,8-9,13,16,18H,5,7,10-12H2,1-4H3. The highest BCUT2D eigenvalue weighted by Crippen LogP contribution is 2.25. The Bertz CT molecular complexity index is 414. The lowest BCUT2D eigenvalue weighted by molar-refractivity contribution is 0.384. The van der Waals surface area contributed by atoms with E-state index in [0.29, 0.717) is 6.04 Å². The summed E-state index contributed by atoms with van der Waals surface area (Å²) in [5.41, 5.74) is 4.26. The highest BCUT2D eigenvalue weighted by Gasteiger charge is 2.22. The Hall–Kier alpha value is -1.02. The third-order valence-electron chi connectivity index (χ3n) is 4.68. The summed E-state index contributed by atoms with van der Waals surface area (Å²) in [5.74, 6) is 0.741. The van der Waals surface area contributed by atoms with Gasteiger partial charge in [0.05, 0.1) is 0 Å². The van der Waals surface area contributed by atoms with Crippen LogP contribution in [0.15, 0.2) is 18.2 Å². The number of nitrogens with zero attached hydrogens (tertiary/aromatic N) is 1. The Morgan fingerprint density at radius 2 is 2.16 bits per heavy atom. The van der Waals surface area contributed by atoms with Crippen molar-refractivity contribution < 1.29 is 0 Å². The molecule has 1 aliphatic heterocycles. The van der Waals surface area contributed by atoms with E-state index in [9.17, 15) is 0 Å². The number of rotatable bonds is 3. The number of benzene rings is 1. The summed E-state index contributed by atoms with van der Waals surface area (Å²) in [7, 11) is 0. The number of hydrogen-bond acceptors (Lipinski definition) is 2. The first-order chi connectivity index (χ1) is 9.13. The Labute approximate surface area is 118 Å². The van der Waals surface area contributed by atoms with Crippen LogP contribution in [0.3, 0.4) is 0 Å². The van der Waals surface area contributed by atoms with E-state index >= 15 is 0 Å². The van der Waals surface area contributed by atoms with Gasteiger partial charge < -0.3 is 10.2 Å². The first-order valence-corrected chi connectivity index (χ1v) is 7.68. The molecule has 2 nitrogen and oxygen atoms in total. The van der Waals surface area contributed by atoms with Crippen molar-refractivity contribution in [2.45, 2.75) is 46.6 Å². The van der Waals surface area contributed by atoms with Crippen molar-refractivity contribution in [3.8, 4) is 0 Å². The normalized spacial score (nSPS) is 22.1. The molecule has 1 heterocycles. The van der Waals surface area contributed by atoms with E-state index in [0.717, 1.165) is 19.0 Å². The van der Waals surface area contributed by atoms with Crippen LogP contribution in [0.1, 0.15) is 37.8 Å². The second kappa shape index (κ2) is 6.42. The molecule has 0 bridgehead atoms. The molecule has 0 saturated carbocycles. The van der Waals surface area contributed by atoms with E-state index in [-0.39, 0.29) is 0 Å². The Kier molecular flexibility index (Phi) is 4.87. The second-order valence-corrected chi connectivity index (χ2v) is 5.96. The zero-order chi connectivity index (χ0) is 13.8. The SMILES string of the molecule is CCC(C)C1CN(c2cccc(C)c2C)CCCN1. The van der Waals surface area contributed by atoms with Gasteiger partial charge in [0.2, 0.25) is 0 Å². The molecule has 106 valence electrons. The number of anilines is 1. The van der Waals surface area contributed by atoms with Crippen molar-refractivity contribution in [2.24, 2.45) is 5.92 Å². The van der Waals surface area contributed by atoms with Gasteiger partial charge in [-0.15, -0.1) is 0 Å². The number of nitrogens with one attached hydrogen (secondary N) is 1. The van der Waals surface area contributed by atoms with Gasteiger partial charge in [-0.1, -0.05) is 32.4 Å². The van der Waals surface area contributed by atoms with E-state index in [1.807, 2.05) is 0 Å². The minimum Gasteiger partial charge on any atom is -0.370 e. The van der Waals surface area contributed by atoms with Crippen LogP contribution in [-0.2, 0) is 0 Å². The summed E-state index contributed by atoms with van der Waals surface area (Å²) in [5, 5.41) is 3.72. The van der Waals surface area contributed by atoms with Gasteiger partial charge in [-0.3, -0.25) is 0 Å². The lowest BCUT2D eigenvalue weighted by Gasteiger charge is -2.31. The lowest BCUT2D eigenvalue weighted by atomic mass is 9.98. The fourth-order valence-electron chi connectivity index (χ4n) is 2.91. The number of aryl methyl sites for hydroxylation is 1. The molecule has 0 spiro atoms. The van der Waals surface area contributed by atoms with Crippen molar-refractivity contribution in [2.75, 3.05) is 24.5 Å². The van der Waals surface area contributed by atoms with Crippen molar-refractivity contribution in [1.82, 2.24) is 5.32 Å². The fraction of sp³-hybridized carbons (Fsp3) is 0.647. The van der Waals surface area contributed by atoms with Crippen LogP contribution in [0.25, 0.3) is 0 Å². The van der Waals surface area contributed by atoms with E-state index in [1.54, 1.807) is 0 Å². The maximum Gasteiger partial charge on any atom is 0.0399 e. The highest BCUT2D eigenvalue weighted by atomic mass is 15.2. The van der Waals surface area contributed by atoms with Gasteiger partial charge in [-0.05, 0) is 49.9 Å². The van der Waals surface area contributed by atoms with Crippen LogP contribution >= 0.6 is 0 Å². The molecule has 0 amide bonds. The summed E-state index contributed by atoms with van der Waals surface area (Å²) < 4.78 is 0. The molecule has 2 heteroatoms. The topological polar surface area (TPSA) is 15.3 Å². The predicted octanol–water partition coefficient (Wildman–Crippen LogP) is 3.52. The molecule has 1 saturated heterocycles.